The van der Waals surface area contributed by atoms with Crippen LogP contribution in [0.4, 0.5) is 8.78 Å². The lowest BCUT2D eigenvalue weighted by atomic mass is 10.2. The Balaban J connectivity index is 3.06. The average Bonchev–Trinajstić information content (AvgIpc) is 2.62. The van der Waals surface area contributed by atoms with E-state index in [0.717, 1.165) is 0 Å². The summed E-state index contributed by atoms with van der Waals surface area (Å²) in [7, 11) is -4.05. The fraction of sp³-hybridized carbons (Fsp3) is 0.750. The summed E-state index contributed by atoms with van der Waals surface area (Å²) in [6.45, 7) is 5.72. The van der Waals surface area contributed by atoms with Crippen molar-refractivity contribution in [3.05, 3.63) is 11.4 Å². The number of hydrogen-bond acceptors (Lipinski definition) is 4. The second kappa shape index (κ2) is 6.37. The first-order valence-corrected chi connectivity index (χ1v) is 8.10. The summed E-state index contributed by atoms with van der Waals surface area (Å²) in [5.74, 6) is -2.99. The number of rotatable bonds is 7. The first-order valence-electron chi connectivity index (χ1n) is 6.61. The Hall–Kier alpha value is -1.06. The van der Waals surface area contributed by atoms with Gasteiger partial charge in [-0.2, -0.15) is 5.10 Å². The predicted molar refractivity (Wildman–Crippen MR) is 75.7 cm³/mol. The molecule has 122 valence electrons. The molecule has 0 aliphatic rings. The molecule has 0 unspecified atom stereocenters. The summed E-state index contributed by atoms with van der Waals surface area (Å²) in [5.41, 5.74) is 5.62. The summed E-state index contributed by atoms with van der Waals surface area (Å²) in [4.78, 5) is -0.0454. The van der Waals surface area contributed by atoms with Crippen LogP contribution >= 0.6 is 0 Å². The molecule has 6 nitrogen and oxygen atoms in total. The standard InChI is InChI=1S/C12H22F2N4O2S/c1-8(2)5-18-10(4)11(9(3)17-18)21(19,20)16-7-12(13,14)6-15/h8,16H,5-7,15H2,1-4H3. The lowest BCUT2D eigenvalue weighted by Crippen LogP contribution is -2.41. The maximum absolute atomic E-state index is 13.1. The normalized spacial score (nSPS) is 13.1. The SMILES string of the molecule is Cc1nn(CC(C)C)c(C)c1S(=O)(=O)NCC(F)(F)CN. The van der Waals surface area contributed by atoms with E-state index < -0.39 is 29.0 Å². The van der Waals surface area contributed by atoms with E-state index in [1.165, 1.54) is 0 Å². The molecule has 1 aromatic heterocycles. The van der Waals surface area contributed by atoms with E-state index in [4.69, 9.17) is 5.73 Å². The summed E-state index contributed by atoms with van der Waals surface area (Å²) in [6.07, 6.45) is 0. The van der Waals surface area contributed by atoms with E-state index in [-0.39, 0.29) is 16.5 Å². The van der Waals surface area contributed by atoms with E-state index in [2.05, 4.69) is 5.10 Å². The molecule has 9 heteroatoms. The number of aryl methyl sites for hydroxylation is 1. The molecular formula is C12H22F2N4O2S. The van der Waals surface area contributed by atoms with E-state index in [9.17, 15) is 17.2 Å². The largest absolute Gasteiger partial charge is 0.325 e. The molecular weight excluding hydrogens is 302 g/mol. The minimum atomic E-state index is -4.05. The summed E-state index contributed by atoms with van der Waals surface area (Å²) < 4.78 is 54.1. The van der Waals surface area contributed by atoms with Crippen LogP contribution in [0.5, 0.6) is 0 Å². The van der Waals surface area contributed by atoms with Crippen molar-refractivity contribution in [1.82, 2.24) is 14.5 Å². The van der Waals surface area contributed by atoms with Gasteiger partial charge in [-0.25, -0.2) is 21.9 Å². The minimum absolute atomic E-state index is 0.0454. The second-order valence-electron chi connectivity index (χ2n) is 5.46. The van der Waals surface area contributed by atoms with Crippen LogP contribution in [0.15, 0.2) is 4.90 Å². The molecule has 0 radical (unpaired) electrons. The highest BCUT2D eigenvalue weighted by Gasteiger charge is 2.31. The number of nitrogens with two attached hydrogens (primary N) is 1. The van der Waals surface area contributed by atoms with Gasteiger partial charge in [0.15, 0.2) is 0 Å². The highest BCUT2D eigenvalue weighted by Crippen LogP contribution is 2.21. The molecule has 1 rings (SSSR count). The number of hydrogen-bond donors (Lipinski definition) is 2. The van der Waals surface area contributed by atoms with Crippen LogP contribution in [-0.4, -0.2) is 37.2 Å². The van der Waals surface area contributed by atoms with Gasteiger partial charge in [0.25, 0.3) is 5.92 Å². The first kappa shape index (κ1) is 18.0. The van der Waals surface area contributed by atoms with Gasteiger partial charge in [-0.3, -0.25) is 4.68 Å². The van der Waals surface area contributed by atoms with Gasteiger partial charge < -0.3 is 5.73 Å². The molecule has 21 heavy (non-hydrogen) atoms. The number of halogens is 2. The Morgan fingerprint density at radius 3 is 2.43 bits per heavy atom. The van der Waals surface area contributed by atoms with Crippen molar-refractivity contribution < 1.29 is 17.2 Å². The molecule has 0 saturated carbocycles. The van der Waals surface area contributed by atoms with Crippen LogP contribution in [0, 0.1) is 19.8 Å². The summed E-state index contributed by atoms with van der Waals surface area (Å²) in [5, 5.41) is 4.17. The zero-order valence-corrected chi connectivity index (χ0v) is 13.5. The molecule has 0 bridgehead atoms. The molecule has 0 aromatic carbocycles. The monoisotopic (exact) mass is 324 g/mol. The zero-order valence-electron chi connectivity index (χ0n) is 12.7. The molecule has 0 fully saturated rings. The van der Waals surface area contributed by atoms with Crippen molar-refractivity contribution in [3.63, 3.8) is 0 Å². The zero-order chi connectivity index (χ0) is 16.4. The lowest BCUT2D eigenvalue weighted by Gasteiger charge is -2.15. The van der Waals surface area contributed by atoms with E-state index in [1.807, 2.05) is 18.6 Å². The quantitative estimate of drug-likeness (QED) is 0.784. The van der Waals surface area contributed by atoms with Crippen LogP contribution < -0.4 is 10.5 Å². The van der Waals surface area contributed by atoms with Gasteiger partial charge in [-0.1, -0.05) is 13.8 Å². The third kappa shape index (κ3) is 4.45. The number of sulfonamides is 1. The van der Waals surface area contributed by atoms with Gasteiger partial charge in [0.1, 0.15) is 4.90 Å². The highest BCUT2D eigenvalue weighted by molar-refractivity contribution is 7.89. The van der Waals surface area contributed by atoms with Gasteiger partial charge in [0.05, 0.1) is 24.5 Å². The lowest BCUT2D eigenvalue weighted by molar-refractivity contribution is 0.0170. The maximum Gasteiger partial charge on any atom is 0.273 e. The number of alkyl halides is 2. The molecule has 0 aliphatic heterocycles. The van der Waals surface area contributed by atoms with Crippen molar-refractivity contribution in [2.75, 3.05) is 13.1 Å². The molecule has 0 amide bonds. The van der Waals surface area contributed by atoms with Gasteiger partial charge in [-0.05, 0) is 19.8 Å². The van der Waals surface area contributed by atoms with Crippen LogP contribution in [0.3, 0.4) is 0 Å². The van der Waals surface area contributed by atoms with Crippen molar-refractivity contribution in [2.24, 2.45) is 11.7 Å². The molecule has 0 atom stereocenters. The molecule has 1 heterocycles. The van der Waals surface area contributed by atoms with E-state index >= 15 is 0 Å². The Bertz CT molecular complexity index is 597. The van der Waals surface area contributed by atoms with Crippen LogP contribution in [0.25, 0.3) is 0 Å². The van der Waals surface area contributed by atoms with Crippen molar-refractivity contribution in [3.8, 4) is 0 Å². The third-order valence-electron chi connectivity index (χ3n) is 2.94. The minimum Gasteiger partial charge on any atom is -0.325 e. The van der Waals surface area contributed by atoms with Gasteiger partial charge in [0.2, 0.25) is 10.0 Å². The van der Waals surface area contributed by atoms with E-state index in [0.29, 0.717) is 12.2 Å². The highest BCUT2D eigenvalue weighted by atomic mass is 32.2. The van der Waals surface area contributed by atoms with Crippen molar-refractivity contribution >= 4 is 10.0 Å². The summed E-state index contributed by atoms with van der Waals surface area (Å²) >= 11 is 0. The van der Waals surface area contributed by atoms with E-state index in [1.54, 1.807) is 18.5 Å². The fourth-order valence-electron chi connectivity index (χ4n) is 1.94. The van der Waals surface area contributed by atoms with Crippen molar-refractivity contribution in [2.45, 2.75) is 45.1 Å². The Labute approximate surface area is 123 Å². The van der Waals surface area contributed by atoms with Crippen LogP contribution in [-0.2, 0) is 16.6 Å². The Morgan fingerprint density at radius 2 is 1.95 bits per heavy atom. The first-order chi connectivity index (χ1) is 9.50. The second-order valence-corrected chi connectivity index (χ2v) is 7.16. The Morgan fingerprint density at radius 1 is 1.38 bits per heavy atom. The topological polar surface area (TPSA) is 90.0 Å². The van der Waals surface area contributed by atoms with Crippen molar-refractivity contribution in [1.29, 1.82) is 0 Å². The van der Waals surface area contributed by atoms with Gasteiger partial charge >= 0.3 is 0 Å². The summed E-state index contributed by atoms with van der Waals surface area (Å²) in [6, 6.07) is 0. The number of nitrogens with one attached hydrogen (secondary N) is 1. The molecule has 0 saturated heterocycles. The third-order valence-corrected chi connectivity index (χ3v) is 4.59. The average molecular weight is 324 g/mol. The fourth-order valence-corrected chi connectivity index (χ4v) is 3.41. The molecule has 3 N–H and O–H groups in total. The van der Waals surface area contributed by atoms with Gasteiger partial charge in [0, 0.05) is 6.54 Å². The van der Waals surface area contributed by atoms with Crippen LogP contribution in [0.1, 0.15) is 25.2 Å². The Kier molecular flexibility index (Phi) is 5.46. The van der Waals surface area contributed by atoms with Gasteiger partial charge in [-0.15, -0.1) is 0 Å². The molecule has 0 aliphatic carbocycles. The smallest absolute Gasteiger partial charge is 0.273 e. The van der Waals surface area contributed by atoms with Crippen LogP contribution in [0.2, 0.25) is 0 Å². The number of aromatic nitrogens is 2. The number of nitrogens with zero attached hydrogens (tertiary/aromatic N) is 2. The maximum atomic E-state index is 13.1. The predicted octanol–water partition coefficient (Wildman–Crippen LogP) is 1.03. The molecule has 0 spiro atoms. The molecule has 1 aromatic rings.